The fourth-order valence-electron chi connectivity index (χ4n) is 3.94. The van der Waals surface area contributed by atoms with E-state index in [0.717, 1.165) is 31.5 Å². The Labute approximate surface area is 164 Å². The van der Waals surface area contributed by atoms with Gasteiger partial charge in [-0.1, -0.05) is 24.3 Å². The Kier molecular flexibility index (Phi) is 4.90. The number of carbonyl (C=O) groups excluding carboxylic acids is 2. The highest BCUT2D eigenvalue weighted by molar-refractivity contribution is 6.01. The lowest BCUT2D eigenvalue weighted by atomic mass is 9.82. The van der Waals surface area contributed by atoms with Crippen LogP contribution in [0.1, 0.15) is 35.2 Å². The Balaban J connectivity index is 1.49. The molecule has 5 heteroatoms. The quantitative estimate of drug-likeness (QED) is 0.600. The maximum Gasteiger partial charge on any atom is 0.330 e. The van der Waals surface area contributed by atoms with Crippen molar-refractivity contribution < 1.29 is 19.1 Å². The number of fused-ring (bicyclic) bond motifs is 1. The molecule has 1 fully saturated rings. The van der Waals surface area contributed by atoms with E-state index in [-0.39, 0.29) is 5.78 Å². The number of anilines is 1. The van der Waals surface area contributed by atoms with Crippen LogP contribution in [-0.4, -0.2) is 37.6 Å². The van der Waals surface area contributed by atoms with Crippen molar-refractivity contribution in [2.24, 2.45) is 0 Å². The van der Waals surface area contributed by atoms with Crippen LogP contribution in [0.4, 0.5) is 5.69 Å². The topological polar surface area (TPSA) is 55.8 Å². The first-order valence-electron chi connectivity index (χ1n) is 9.51. The van der Waals surface area contributed by atoms with Crippen molar-refractivity contribution in [2.45, 2.75) is 24.9 Å². The number of hydrogen-bond acceptors (Lipinski definition) is 5. The molecule has 2 aromatic carbocycles. The van der Waals surface area contributed by atoms with E-state index in [2.05, 4.69) is 21.8 Å². The molecule has 2 aliphatic heterocycles. The maximum atomic E-state index is 12.8. The van der Waals surface area contributed by atoms with Gasteiger partial charge in [-0.3, -0.25) is 4.79 Å². The van der Waals surface area contributed by atoms with Gasteiger partial charge in [-0.25, -0.2) is 4.79 Å². The fourth-order valence-corrected chi connectivity index (χ4v) is 3.94. The number of nitrogens with zero attached hydrogens (tertiary/aromatic N) is 1. The molecule has 5 nitrogen and oxygen atoms in total. The normalized spacial score (nSPS) is 18.0. The Morgan fingerprint density at radius 2 is 1.89 bits per heavy atom. The SMILES string of the molecule is COC(=O)/C=C/c1ccc2c(c1)C(=O)CC1(CCN(c3ccccc3)CC1)O2. The molecular formula is C23H23NO4. The summed E-state index contributed by atoms with van der Waals surface area (Å²) in [6.07, 6.45) is 5.01. The molecule has 1 spiro atoms. The molecule has 0 radical (unpaired) electrons. The third kappa shape index (κ3) is 3.65. The third-order valence-corrected chi connectivity index (χ3v) is 5.52. The zero-order valence-electron chi connectivity index (χ0n) is 15.9. The van der Waals surface area contributed by atoms with Crippen molar-refractivity contribution in [1.29, 1.82) is 0 Å². The number of esters is 1. The van der Waals surface area contributed by atoms with Gasteiger partial charge in [-0.15, -0.1) is 0 Å². The van der Waals surface area contributed by atoms with Crippen LogP contribution in [0.5, 0.6) is 5.75 Å². The summed E-state index contributed by atoms with van der Waals surface area (Å²) in [5, 5.41) is 0. The molecule has 0 aromatic heterocycles. The molecule has 144 valence electrons. The summed E-state index contributed by atoms with van der Waals surface area (Å²) in [4.78, 5) is 26.5. The van der Waals surface area contributed by atoms with E-state index in [1.807, 2.05) is 30.3 Å². The summed E-state index contributed by atoms with van der Waals surface area (Å²) < 4.78 is 11.0. The van der Waals surface area contributed by atoms with Crippen LogP contribution in [0, 0.1) is 0 Å². The largest absolute Gasteiger partial charge is 0.486 e. The standard InChI is InChI=1S/C23H23NO4/c1-27-22(26)10-8-17-7-9-21-19(15-17)20(25)16-23(28-21)11-13-24(14-12-23)18-5-3-2-4-6-18/h2-10,15H,11-14,16H2,1H3/b10-8+. The molecule has 4 rings (SSSR count). The van der Waals surface area contributed by atoms with Gasteiger partial charge in [0.15, 0.2) is 5.78 Å². The lowest BCUT2D eigenvalue weighted by molar-refractivity contribution is -0.134. The summed E-state index contributed by atoms with van der Waals surface area (Å²) in [6, 6.07) is 15.8. The highest BCUT2D eigenvalue weighted by atomic mass is 16.5. The van der Waals surface area contributed by atoms with Crippen molar-refractivity contribution >= 4 is 23.5 Å². The summed E-state index contributed by atoms with van der Waals surface area (Å²) in [5.74, 6) is 0.312. The summed E-state index contributed by atoms with van der Waals surface area (Å²) in [6.45, 7) is 1.74. The van der Waals surface area contributed by atoms with Gasteiger partial charge < -0.3 is 14.4 Å². The molecule has 2 aliphatic rings. The van der Waals surface area contributed by atoms with Crippen LogP contribution in [0.3, 0.4) is 0 Å². The van der Waals surface area contributed by atoms with Crippen molar-refractivity contribution in [3.63, 3.8) is 0 Å². The van der Waals surface area contributed by atoms with Crippen LogP contribution >= 0.6 is 0 Å². The van der Waals surface area contributed by atoms with Crippen molar-refractivity contribution in [3.8, 4) is 5.75 Å². The number of rotatable bonds is 3. The molecule has 0 saturated carbocycles. The second-order valence-electron chi connectivity index (χ2n) is 7.32. The predicted octanol–water partition coefficient (Wildman–Crippen LogP) is 3.88. The molecular weight excluding hydrogens is 354 g/mol. The van der Waals surface area contributed by atoms with E-state index in [1.165, 1.54) is 18.9 Å². The number of piperidine rings is 1. The number of Topliss-reactive ketones (excluding diaryl/α,β-unsaturated/α-hetero) is 1. The molecule has 0 unspecified atom stereocenters. The zero-order valence-corrected chi connectivity index (χ0v) is 15.9. The van der Waals surface area contributed by atoms with Crippen LogP contribution in [0.25, 0.3) is 6.08 Å². The molecule has 2 aromatic rings. The minimum atomic E-state index is -0.426. The number of ether oxygens (including phenoxy) is 2. The van der Waals surface area contributed by atoms with Gasteiger partial charge >= 0.3 is 5.97 Å². The molecule has 1 saturated heterocycles. The van der Waals surface area contributed by atoms with E-state index in [0.29, 0.717) is 17.7 Å². The Hall–Kier alpha value is -3.08. The van der Waals surface area contributed by atoms with Crippen molar-refractivity contribution in [3.05, 3.63) is 65.7 Å². The van der Waals surface area contributed by atoms with Gasteiger partial charge in [-0.2, -0.15) is 0 Å². The van der Waals surface area contributed by atoms with Gasteiger partial charge in [0.2, 0.25) is 0 Å². The van der Waals surface area contributed by atoms with E-state index in [1.54, 1.807) is 12.1 Å². The molecule has 28 heavy (non-hydrogen) atoms. The van der Waals surface area contributed by atoms with Gasteiger partial charge in [0.25, 0.3) is 0 Å². The monoisotopic (exact) mass is 377 g/mol. The number of para-hydroxylation sites is 1. The fraction of sp³-hybridized carbons (Fsp3) is 0.304. The summed E-state index contributed by atoms with van der Waals surface area (Å²) in [7, 11) is 1.33. The van der Waals surface area contributed by atoms with Crippen molar-refractivity contribution in [2.75, 3.05) is 25.1 Å². The van der Waals surface area contributed by atoms with Crippen LogP contribution < -0.4 is 9.64 Å². The van der Waals surface area contributed by atoms with E-state index < -0.39 is 11.6 Å². The van der Waals surface area contributed by atoms with E-state index in [9.17, 15) is 9.59 Å². The maximum absolute atomic E-state index is 12.8. The molecule has 0 amide bonds. The molecule has 2 heterocycles. The van der Waals surface area contributed by atoms with Gasteiger partial charge in [0.05, 0.1) is 19.1 Å². The number of methoxy groups -OCH3 is 1. The van der Waals surface area contributed by atoms with Gasteiger partial charge in [-0.05, 0) is 35.9 Å². The third-order valence-electron chi connectivity index (χ3n) is 5.52. The second-order valence-corrected chi connectivity index (χ2v) is 7.32. The van der Waals surface area contributed by atoms with E-state index >= 15 is 0 Å². The van der Waals surface area contributed by atoms with Gasteiger partial charge in [0.1, 0.15) is 11.4 Å². The molecule has 0 aliphatic carbocycles. The second kappa shape index (κ2) is 7.50. The van der Waals surface area contributed by atoms with Crippen LogP contribution in [0.2, 0.25) is 0 Å². The lowest BCUT2D eigenvalue weighted by Crippen LogP contribution is -2.51. The number of ketones is 1. The van der Waals surface area contributed by atoms with E-state index in [4.69, 9.17) is 4.74 Å². The predicted molar refractivity (Wildman–Crippen MR) is 108 cm³/mol. The smallest absolute Gasteiger partial charge is 0.330 e. The van der Waals surface area contributed by atoms with Crippen LogP contribution in [0.15, 0.2) is 54.6 Å². The molecule has 0 N–H and O–H groups in total. The minimum Gasteiger partial charge on any atom is -0.486 e. The molecule has 0 bridgehead atoms. The highest BCUT2D eigenvalue weighted by Gasteiger charge is 2.43. The average Bonchev–Trinajstić information content (AvgIpc) is 2.73. The lowest BCUT2D eigenvalue weighted by Gasteiger charge is -2.44. The first-order chi connectivity index (χ1) is 13.6. The first-order valence-corrected chi connectivity index (χ1v) is 9.51. The number of benzene rings is 2. The Morgan fingerprint density at radius 3 is 2.61 bits per heavy atom. The number of hydrogen-bond donors (Lipinski definition) is 0. The minimum absolute atomic E-state index is 0.0997. The van der Waals surface area contributed by atoms with Crippen LogP contribution in [-0.2, 0) is 9.53 Å². The zero-order chi connectivity index (χ0) is 19.6. The molecule has 0 atom stereocenters. The Bertz CT molecular complexity index is 911. The Morgan fingerprint density at radius 1 is 1.14 bits per heavy atom. The van der Waals surface area contributed by atoms with Crippen molar-refractivity contribution in [1.82, 2.24) is 0 Å². The first kappa shape index (κ1) is 18.3. The summed E-state index contributed by atoms with van der Waals surface area (Å²) >= 11 is 0. The number of carbonyl (C=O) groups is 2. The van der Waals surface area contributed by atoms with Gasteiger partial charge in [0, 0.05) is 37.7 Å². The summed E-state index contributed by atoms with van der Waals surface area (Å²) in [5.41, 5.74) is 2.15. The highest BCUT2D eigenvalue weighted by Crippen LogP contribution is 2.40. The average molecular weight is 377 g/mol.